The van der Waals surface area contributed by atoms with Crippen molar-refractivity contribution in [2.24, 2.45) is 11.3 Å². The first kappa shape index (κ1) is 14.8. The molecule has 0 bridgehead atoms. The molecule has 0 unspecified atom stereocenters. The lowest BCUT2D eigenvalue weighted by Crippen LogP contribution is -2.31. The van der Waals surface area contributed by atoms with Crippen LogP contribution in [0.4, 0.5) is 10.1 Å². The van der Waals surface area contributed by atoms with Gasteiger partial charge in [-0.25, -0.2) is 4.39 Å². The summed E-state index contributed by atoms with van der Waals surface area (Å²) in [6.45, 7) is 6.91. The van der Waals surface area contributed by atoms with Gasteiger partial charge in [0, 0.05) is 6.04 Å². The van der Waals surface area contributed by atoms with Gasteiger partial charge in [0.1, 0.15) is 11.9 Å². The fourth-order valence-corrected chi connectivity index (χ4v) is 3.06. The Morgan fingerprint density at radius 1 is 1.20 bits per heavy atom. The van der Waals surface area contributed by atoms with Crippen LogP contribution in [0.1, 0.15) is 52.0 Å². The predicted molar refractivity (Wildman–Crippen MR) is 79.9 cm³/mol. The van der Waals surface area contributed by atoms with Gasteiger partial charge in [0.15, 0.2) is 0 Å². The third-order valence-corrected chi connectivity index (χ3v) is 4.41. The van der Waals surface area contributed by atoms with Crippen molar-refractivity contribution in [2.45, 2.75) is 52.5 Å². The molecular formula is C17H23FN2. The lowest BCUT2D eigenvalue weighted by Gasteiger charge is -2.37. The fourth-order valence-electron chi connectivity index (χ4n) is 3.06. The third kappa shape index (κ3) is 3.50. The minimum absolute atomic E-state index is 0.358. The van der Waals surface area contributed by atoms with E-state index in [-0.39, 0.29) is 5.82 Å². The summed E-state index contributed by atoms with van der Waals surface area (Å²) in [5.41, 5.74) is 1.52. The van der Waals surface area contributed by atoms with Crippen LogP contribution in [0.3, 0.4) is 0 Å². The molecule has 108 valence electrons. The van der Waals surface area contributed by atoms with E-state index in [1.54, 1.807) is 6.07 Å². The molecule has 0 amide bonds. The second-order valence-electron chi connectivity index (χ2n) is 6.86. The van der Waals surface area contributed by atoms with E-state index in [0.29, 0.717) is 17.0 Å². The van der Waals surface area contributed by atoms with E-state index >= 15 is 0 Å². The number of hydrogen-bond acceptors (Lipinski definition) is 2. The molecule has 1 aromatic carbocycles. The van der Waals surface area contributed by atoms with Crippen LogP contribution in [0, 0.1) is 28.5 Å². The highest BCUT2D eigenvalue weighted by molar-refractivity contribution is 5.57. The van der Waals surface area contributed by atoms with E-state index in [2.05, 4.69) is 32.2 Å². The van der Waals surface area contributed by atoms with Gasteiger partial charge in [-0.15, -0.1) is 0 Å². The third-order valence-electron chi connectivity index (χ3n) is 4.41. The lowest BCUT2D eigenvalue weighted by atomic mass is 9.71. The Labute approximate surface area is 121 Å². The highest BCUT2D eigenvalue weighted by atomic mass is 19.1. The van der Waals surface area contributed by atoms with Crippen LogP contribution >= 0.6 is 0 Å². The number of nitriles is 1. The maximum atomic E-state index is 13.1. The van der Waals surface area contributed by atoms with Gasteiger partial charge in [-0.05, 0) is 55.2 Å². The van der Waals surface area contributed by atoms with Crippen molar-refractivity contribution in [3.8, 4) is 6.07 Å². The number of hydrogen-bond donors (Lipinski definition) is 1. The second kappa shape index (κ2) is 5.83. The highest BCUT2D eigenvalue weighted by Crippen LogP contribution is 2.38. The predicted octanol–water partition coefficient (Wildman–Crippen LogP) is 4.71. The van der Waals surface area contributed by atoms with Crippen LogP contribution in [0.25, 0.3) is 0 Å². The Morgan fingerprint density at radius 2 is 1.85 bits per heavy atom. The van der Waals surface area contributed by atoms with Gasteiger partial charge in [-0.3, -0.25) is 0 Å². The quantitative estimate of drug-likeness (QED) is 0.847. The van der Waals surface area contributed by atoms with Crippen LogP contribution in [0.2, 0.25) is 0 Å². The molecule has 2 nitrogen and oxygen atoms in total. The zero-order valence-electron chi connectivity index (χ0n) is 12.5. The molecule has 0 aliphatic heterocycles. The first-order valence-electron chi connectivity index (χ1n) is 7.36. The Bertz CT molecular complexity index is 503. The zero-order chi connectivity index (χ0) is 14.8. The van der Waals surface area contributed by atoms with Crippen molar-refractivity contribution < 1.29 is 4.39 Å². The molecule has 0 aromatic heterocycles. The summed E-state index contributed by atoms with van der Waals surface area (Å²) in [7, 11) is 0. The van der Waals surface area contributed by atoms with Crippen molar-refractivity contribution in [3.63, 3.8) is 0 Å². The largest absolute Gasteiger partial charge is 0.381 e. The number of nitrogens with one attached hydrogen (secondary N) is 1. The maximum Gasteiger partial charge on any atom is 0.124 e. The zero-order valence-corrected chi connectivity index (χ0v) is 12.5. The number of anilines is 1. The molecule has 20 heavy (non-hydrogen) atoms. The monoisotopic (exact) mass is 274 g/mol. The SMILES string of the molecule is CC(C)(C)C1CCC(Nc2ccc(F)cc2C#N)CC1. The number of halogens is 1. The van der Waals surface area contributed by atoms with Gasteiger partial charge >= 0.3 is 0 Å². The number of benzene rings is 1. The van der Waals surface area contributed by atoms with E-state index in [4.69, 9.17) is 5.26 Å². The van der Waals surface area contributed by atoms with Gasteiger partial charge in [0.25, 0.3) is 0 Å². The van der Waals surface area contributed by atoms with Gasteiger partial charge in [0.2, 0.25) is 0 Å². The summed E-state index contributed by atoms with van der Waals surface area (Å²) in [5, 5.41) is 12.5. The summed E-state index contributed by atoms with van der Waals surface area (Å²) in [6, 6.07) is 6.82. The average molecular weight is 274 g/mol. The Kier molecular flexibility index (Phi) is 4.32. The number of rotatable bonds is 2. The van der Waals surface area contributed by atoms with Crippen molar-refractivity contribution in [3.05, 3.63) is 29.6 Å². The molecule has 1 aliphatic rings. The summed E-state index contributed by atoms with van der Waals surface area (Å²) in [6.07, 6.45) is 4.66. The van der Waals surface area contributed by atoms with Crippen LogP contribution in [-0.2, 0) is 0 Å². The molecule has 1 N–H and O–H groups in total. The Morgan fingerprint density at radius 3 is 2.40 bits per heavy atom. The first-order chi connectivity index (χ1) is 9.40. The molecule has 0 atom stereocenters. The van der Waals surface area contributed by atoms with Gasteiger partial charge in [-0.1, -0.05) is 20.8 Å². The van der Waals surface area contributed by atoms with Crippen LogP contribution in [-0.4, -0.2) is 6.04 Å². The molecule has 0 heterocycles. The van der Waals surface area contributed by atoms with Gasteiger partial charge in [0.05, 0.1) is 11.3 Å². The molecule has 2 rings (SSSR count). The molecule has 0 saturated heterocycles. The van der Waals surface area contributed by atoms with Crippen LogP contribution in [0.15, 0.2) is 18.2 Å². The molecule has 1 fully saturated rings. The molecule has 1 aromatic rings. The van der Waals surface area contributed by atoms with Crippen molar-refractivity contribution >= 4 is 5.69 Å². The lowest BCUT2D eigenvalue weighted by molar-refractivity contribution is 0.173. The van der Waals surface area contributed by atoms with Crippen LogP contribution in [0.5, 0.6) is 0 Å². The Hall–Kier alpha value is -1.56. The van der Waals surface area contributed by atoms with E-state index in [1.807, 2.05) is 0 Å². The first-order valence-corrected chi connectivity index (χ1v) is 7.36. The van der Waals surface area contributed by atoms with Crippen molar-refractivity contribution in [1.29, 1.82) is 5.26 Å². The molecular weight excluding hydrogens is 251 g/mol. The minimum atomic E-state index is -0.358. The summed E-state index contributed by atoms with van der Waals surface area (Å²) >= 11 is 0. The van der Waals surface area contributed by atoms with E-state index < -0.39 is 0 Å². The molecule has 0 radical (unpaired) electrons. The Balaban J connectivity index is 1.98. The fraction of sp³-hybridized carbons (Fsp3) is 0.588. The molecule has 0 spiro atoms. The summed E-state index contributed by atoms with van der Waals surface area (Å²) in [4.78, 5) is 0. The summed E-state index contributed by atoms with van der Waals surface area (Å²) in [5.74, 6) is 0.410. The number of nitrogens with zero attached hydrogens (tertiary/aromatic N) is 1. The van der Waals surface area contributed by atoms with Crippen molar-refractivity contribution in [2.75, 3.05) is 5.32 Å². The van der Waals surface area contributed by atoms with E-state index in [9.17, 15) is 4.39 Å². The second-order valence-corrected chi connectivity index (χ2v) is 6.86. The smallest absolute Gasteiger partial charge is 0.124 e. The van der Waals surface area contributed by atoms with E-state index in [0.717, 1.165) is 24.4 Å². The molecule has 3 heteroatoms. The molecule has 1 saturated carbocycles. The standard InChI is InChI=1S/C17H23FN2/c1-17(2,3)13-4-7-15(8-5-13)20-16-9-6-14(18)10-12(16)11-19/h6,9-10,13,15,20H,4-5,7-8H2,1-3H3. The summed E-state index contributed by atoms with van der Waals surface area (Å²) < 4.78 is 13.1. The maximum absolute atomic E-state index is 13.1. The van der Waals surface area contributed by atoms with E-state index in [1.165, 1.54) is 25.0 Å². The van der Waals surface area contributed by atoms with Gasteiger partial charge < -0.3 is 5.32 Å². The normalized spacial score (nSPS) is 23.1. The molecule has 1 aliphatic carbocycles. The highest BCUT2D eigenvalue weighted by Gasteiger charge is 2.29. The average Bonchev–Trinajstić information content (AvgIpc) is 2.40. The topological polar surface area (TPSA) is 35.8 Å². The van der Waals surface area contributed by atoms with Crippen molar-refractivity contribution in [1.82, 2.24) is 0 Å². The van der Waals surface area contributed by atoms with Crippen LogP contribution < -0.4 is 5.32 Å². The minimum Gasteiger partial charge on any atom is -0.381 e. The van der Waals surface area contributed by atoms with Gasteiger partial charge in [-0.2, -0.15) is 5.26 Å².